The highest BCUT2D eigenvalue weighted by Crippen LogP contribution is 2.14. The van der Waals surface area contributed by atoms with Crippen LogP contribution >= 0.6 is 12.2 Å². The summed E-state index contributed by atoms with van der Waals surface area (Å²) in [6.45, 7) is 9.72. The van der Waals surface area contributed by atoms with E-state index in [4.69, 9.17) is 12.2 Å². The quantitative estimate of drug-likeness (QED) is 0.637. The van der Waals surface area contributed by atoms with Crippen LogP contribution in [0.3, 0.4) is 0 Å². The van der Waals surface area contributed by atoms with Gasteiger partial charge >= 0.3 is 0 Å². The van der Waals surface area contributed by atoms with E-state index in [1.54, 1.807) is 0 Å². The van der Waals surface area contributed by atoms with Crippen LogP contribution in [0.1, 0.15) is 22.4 Å². The van der Waals surface area contributed by atoms with Gasteiger partial charge in [0, 0.05) is 57.7 Å². The van der Waals surface area contributed by atoms with Crippen molar-refractivity contribution < 1.29 is 0 Å². The van der Waals surface area contributed by atoms with E-state index in [2.05, 4.69) is 69.6 Å². The van der Waals surface area contributed by atoms with Crippen molar-refractivity contribution in [2.75, 3.05) is 31.5 Å². The number of rotatable bonds is 5. The van der Waals surface area contributed by atoms with Gasteiger partial charge in [-0.2, -0.15) is 10.2 Å². The van der Waals surface area contributed by atoms with Crippen LogP contribution in [-0.2, 0) is 20.1 Å². The normalized spacial score (nSPS) is 14.8. The number of nitrogens with one attached hydrogen (secondary N) is 1. The summed E-state index contributed by atoms with van der Waals surface area (Å²) < 4.78 is 3.83. The first kappa shape index (κ1) is 20.6. The minimum Gasteiger partial charge on any atom is -0.346 e. The second-order valence-corrected chi connectivity index (χ2v) is 8.35. The highest BCUT2D eigenvalue weighted by molar-refractivity contribution is 7.80. The van der Waals surface area contributed by atoms with Crippen molar-refractivity contribution in [2.24, 2.45) is 7.05 Å². The first-order valence-corrected chi connectivity index (χ1v) is 10.7. The van der Waals surface area contributed by atoms with Gasteiger partial charge in [-0.15, -0.1) is 0 Å². The molecule has 1 saturated heterocycles. The Hall–Kier alpha value is -2.71. The number of nitrogens with zero attached hydrogens (tertiary/aromatic N) is 6. The maximum absolute atomic E-state index is 5.65. The predicted octanol–water partition coefficient (Wildman–Crippen LogP) is 2.80. The summed E-state index contributed by atoms with van der Waals surface area (Å²) in [5.41, 5.74) is 5.89. The Balaban J connectivity index is 1.27. The Morgan fingerprint density at radius 3 is 2.50 bits per heavy atom. The zero-order valence-corrected chi connectivity index (χ0v) is 18.7. The third kappa shape index (κ3) is 4.88. The summed E-state index contributed by atoms with van der Waals surface area (Å²) >= 11 is 5.65. The molecule has 0 unspecified atom stereocenters. The fraction of sp³-hybridized carbons (Fsp3) is 0.409. The summed E-state index contributed by atoms with van der Waals surface area (Å²) in [5.74, 6) is 0. The molecule has 7 nitrogen and oxygen atoms in total. The van der Waals surface area contributed by atoms with Crippen LogP contribution in [0.15, 0.2) is 42.9 Å². The summed E-state index contributed by atoms with van der Waals surface area (Å²) in [5, 5.41) is 13.0. The number of thiocarbonyl (C=S) groups is 1. The maximum atomic E-state index is 5.65. The monoisotopic (exact) mass is 423 g/mol. The Labute approximate surface area is 183 Å². The average molecular weight is 424 g/mol. The number of aryl methyl sites for hydroxylation is 3. The van der Waals surface area contributed by atoms with Gasteiger partial charge < -0.3 is 10.2 Å². The van der Waals surface area contributed by atoms with E-state index in [0.717, 1.165) is 55.8 Å². The molecule has 1 N–H and O–H groups in total. The largest absolute Gasteiger partial charge is 0.346 e. The van der Waals surface area contributed by atoms with Gasteiger partial charge in [-0.3, -0.25) is 14.3 Å². The molecular formula is C22H29N7S. The molecule has 0 amide bonds. The minimum atomic E-state index is 0.757. The highest BCUT2D eigenvalue weighted by atomic mass is 32.1. The van der Waals surface area contributed by atoms with Gasteiger partial charge in [-0.05, 0) is 37.2 Å². The van der Waals surface area contributed by atoms with Crippen LogP contribution < -0.4 is 5.32 Å². The van der Waals surface area contributed by atoms with Gasteiger partial charge in [-0.25, -0.2) is 0 Å². The van der Waals surface area contributed by atoms with E-state index >= 15 is 0 Å². The van der Waals surface area contributed by atoms with E-state index in [-0.39, 0.29) is 0 Å². The molecule has 4 rings (SSSR count). The Bertz CT molecular complexity index is 1010. The SMILES string of the molecule is Cc1ccccc1Cn1cc(NC(=S)N2CCN(Cc3cn(C)nc3C)CC2)cn1. The number of anilines is 1. The van der Waals surface area contributed by atoms with Gasteiger partial charge in [0.2, 0.25) is 0 Å². The van der Waals surface area contributed by atoms with Crippen molar-refractivity contribution in [3.63, 3.8) is 0 Å². The van der Waals surface area contributed by atoms with Crippen LogP contribution in [0.25, 0.3) is 0 Å². The lowest BCUT2D eigenvalue weighted by Gasteiger charge is -2.36. The molecule has 3 heterocycles. The van der Waals surface area contributed by atoms with Gasteiger partial charge in [0.15, 0.2) is 5.11 Å². The first-order chi connectivity index (χ1) is 14.5. The molecule has 0 saturated carbocycles. The third-order valence-corrected chi connectivity index (χ3v) is 6.01. The van der Waals surface area contributed by atoms with E-state index in [1.807, 2.05) is 28.8 Å². The Morgan fingerprint density at radius 1 is 1.03 bits per heavy atom. The Morgan fingerprint density at radius 2 is 1.80 bits per heavy atom. The van der Waals surface area contributed by atoms with Gasteiger partial charge in [0.25, 0.3) is 0 Å². The Kier molecular flexibility index (Phi) is 6.15. The second kappa shape index (κ2) is 8.97. The summed E-state index contributed by atoms with van der Waals surface area (Å²) in [6, 6.07) is 8.39. The molecule has 158 valence electrons. The summed E-state index contributed by atoms with van der Waals surface area (Å²) in [7, 11) is 1.97. The molecule has 0 spiro atoms. The molecule has 0 radical (unpaired) electrons. The number of hydrogen-bond acceptors (Lipinski definition) is 4. The van der Waals surface area contributed by atoms with Crippen molar-refractivity contribution in [3.05, 3.63) is 65.2 Å². The first-order valence-electron chi connectivity index (χ1n) is 10.3. The average Bonchev–Trinajstić information content (AvgIpc) is 3.29. The van der Waals surface area contributed by atoms with Crippen molar-refractivity contribution in [3.8, 4) is 0 Å². The van der Waals surface area contributed by atoms with Crippen LogP contribution in [0.5, 0.6) is 0 Å². The van der Waals surface area contributed by atoms with Crippen LogP contribution in [0.2, 0.25) is 0 Å². The summed E-state index contributed by atoms with van der Waals surface area (Å²) in [6.07, 6.45) is 5.97. The maximum Gasteiger partial charge on any atom is 0.173 e. The number of hydrogen-bond donors (Lipinski definition) is 1. The lowest BCUT2D eigenvalue weighted by Crippen LogP contribution is -2.49. The molecular weight excluding hydrogens is 394 g/mol. The van der Waals surface area contributed by atoms with Gasteiger partial charge in [-0.1, -0.05) is 24.3 Å². The molecule has 0 bridgehead atoms. The van der Waals surface area contributed by atoms with Crippen molar-refractivity contribution in [2.45, 2.75) is 26.9 Å². The fourth-order valence-electron chi connectivity index (χ4n) is 3.83. The smallest absolute Gasteiger partial charge is 0.173 e. The van der Waals surface area contributed by atoms with Crippen LogP contribution in [-0.4, -0.2) is 60.7 Å². The molecule has 2 aromatic heterocycles. The standard InChI is InChI=1S/C22H29N7S/c1-17-6-4-5-7-19(17)15-29-16-21(12-23-29)24-22(30)28-10-8-27(9-11-28)14-20-13-26(3)25-18(20)2/h4-7,12-13,16H,8-11,14-15H2,1-3H3,(H,24,30). The van der Waals surface area contributed by atoms with Crippen molar-refractivity contribution in [1.82, 2.24) is 29.4 Å². The van der Waals surface area contributed by atoms with Crippen molar-refractivity contribution in [1.29, 1.82) is 0 Å². The molecule has 8 heteroatoms. The number of aromatic nitrogens is 4. The molecule has 1 aliphatic heterocycles. The van der Waals surface area contributed by atoms with Gasteiger partial charge in [0.05, 0.1) is 24.1 Å². The number of benzene rings is 1. The second-order valence-electron chi connectivity index (χ2n) is 7.96. The molecule has 1 fully saturated rings. The van der Waals surface area contributed by atoms with Crippen LogP contribution in [0, 0.1) is 13.8 Å². The molecule has 3 aromatic rings. The zero-order chi connectivity index (χ0) is 21.1. The lowest BCUT2D eigenvalue weighted by atomic mass is 10.1. The molecule has 0 aliphatic carbocycles. The zero-order valence-electron chi connectivity index (χ0n) is 17.9. The van der Waals surface area contributed by atoms with Crippen LogP contribution in [0.4, 0.5) is 5.69 Å². The topological polar surface area (TPSA) is 54.2 Å². The molecule has 30 heavy (non-hydrogen) atoms. The molecule has 0 atom stereocenters. The van der Waals surface area contributed by atoms with E-state index in [1.165, 1.54) is 16.7 Å². The highest BCUT2D eigenvalue weighted by Gasteiger charge is 2.20. The molecule has 1 aliphatic rings. The summed E-state index contributed by atoms with van der Waals surface area (Å²) in [4.78, 5) is 4.70. The minimum absolute atomic E-state index is 0.757. The predicted molar refractivity (Wildman–Crippen MR) is 124 cm³/mol. The van der Waals surface area contributed by atoms with Gasteiger partial charge in [0.1, 0.15) is 0 Å². The third-order valence-electron chi connectivity index (χ3n) is 5.65. The number of piperazine rings is 1. The fourth-order valence-corrected chi connectivity index (χ4v) is 4.13. The van der Waals surface area contributed by atoms with E-state index in [0.29, 0.717) is 0 Å². The lowest BCUT2D eigenvalue weighted by molar-refractivity contribution is 0.176. The van der Waals surface area contributed by atoms with Crippen molar-refractivity contribution >= 4 is 23.0 Å². The molecule has 1 aromatic carbocycles. The van der Waals surface area contributed by atoms with E-state index in [9.17, 15) is 0 Å². The van der Waals surface area contributed by atoms with E-state index < -0.39 is 0 Å².